The largest absolute Gasteiger partial charge is 0.357 e. The standard InChI is InChI=1S/C22H30N4O/c1-4-18-11-7-8-12-20(18)16-26-22(24-6-3)25-15-17-10-9-13-19(14-17)21(27)23-5-2/h7-14H,4-6,15-16H2,1-3H3,(H,23,27)(H2,24,25,26). The van der Waals surface area contributed by atoms with E-state index in [0.29, 0.717) is 18.7 Å². The van der Waals surface area contributed by atoms with E-state index in [1.807, 2.05) is 38.1 Å². The molecule has 0 fully saturated rings. The zero-order chi connectivity index (χ0) is 19.5. The van der Waals surface area contributed by atoms with Crippen LogP contribution in [-0.2, 0) is 19.5 Å². The lowest BCUT2D eigenvalue weighted by molar-refractivity contribution is 0.0955. The molecule has 0 spiro atoms. The number of benzene rings is 2. The van der Waals surface area contributed by atoms with Crippen molar-refractivity contribution in [2.45, 2.75) is 40.3 Å². The second-order valence-corrected chi connectivity index (χ2v) is 6.23. The Balaban J connectivity index is 2.04. The van der Waals surface area contributed by atoms with Gasteiger partial charge in [0.25, 0.3) is 5.91 Å². The third kappa shape index (κ3) is 6.44. The number of aliphatic imine (C=N–C) groups is 1. The molecule has 0 radical (unpaired) electrons. The summed E-state index contributed by atoms with van der Waals surface area (Å²) in [7, 11) is 0. The van der Waals surface area contributed by atoms with Gasteiger partial charge in [-0.25, -0.2) is 4.99 Å². The molecule has 1 amide bonds. The van der Waals surface area contributed by atoms with Gasteiger partial charge in [0.2, 0.25) is 0 Å². The first-order valence-electron chi connectivity index (χ1n) is 9.64. The number of rotatable bonds is 8. The monoisotopic (exact) mass is 366 g/mol. The summed E-state index contributed by atoms with van der Waals surface area (Å²) in [5, 5.41) is 9.50. The number of amides is 1. The number of nitrogens with one attached hydrogen (secondary N) is 3. The van der Waals surface area contributed by atoms with Crippen LogP contribution in [0, 0.1) is 0 Å². The van der Waals surface area contributed by atoms with E-state index in [1.54, 1.807) is 0 Å². The van der Waals surface area contributed by atoms with Crippen molar-refractivity contribution in [1.29, 1.82) is 0 Å². The minimum Gasteiger partial charge on any atom is -0.357 e. The Bertz CT molecular complexity index is 770. The molecule has 0 aliphatic rings. The van der Waals surface area contributed by atoms with Gasteiger partial charge in [0.1, 0.15) is 0 Å². The van der Waals surface area contributed by atoms with Crippen LogP contribution in [0.1, 0.15) is 47.8 Å². The summed E-state index contributed by atoms with van der Waals surface area (Å²) in [6, 6.07) is 16.0. The number of carbonyl (C=O) groups is 1. The molecular weight excluding hydrogens is 336 g/mol. The average molecular weight is 367 g/mol. The third-order valence-corrected chi connectivity index (χ3v) is 4.24. The van der Waals surface area contributed by atoms with Crippen molar-refractivity contribution in [2.75, 3.05) is 13.1 Å². The number of hydrogen-bond donors (Lipinski definition) is 3. The molecule has 0 bridgehead atoms. The molecule has 144 valence electrons. The number of carbonyl (C=O) groups excluding carboxylic acids is 1. The molecule has 0 aliphatic carbocycles. The zero-order valence-corrected chi connectivity index (χ0v) is 16.5. The van der Waals surface area contributed by atoms with Crippen LogP contribution in [-0.4, -0.2) is 25.0 Å². The Morgan fingerprint density at radius 3 is 2.33 bits per heavy atom. The van der Waals surface area contributed by atoms with Gasteiger partial charge in [-0.15, -0.1) is 0 Å². The molecule has 0 aliphatic heterocycles. The smallest absolute Gasteiger partial charge is 0.251 e. The fourth-order valence-electron chi connectivity index (χ4n) is 2.84. The minimum absolute atomic E-state index is 0.0514. The highest BCUT2D eigenvalue weighted by molar-refractivity contribution is 5.94. The molecule has 0 saturated heterocycles. The first-order valence-corrected chi connectivity index (χ1v) is 9.64. The Hall–Kier alpha value is -2.82. The molecule has 0 atom stereocenters. The average Bonchev–Trinajstić information content (AvgIpc) is 2.70. The van der Waals surface area contributed by atoms with Gasteiger partial charge in [-0.05, 0) is 49.1 Å². The van der Waals surface area contributed by atoms with Crippen molar-refractivity contribution >= 4 is 11.9 Å². The fourth-order valence-corrected chi connectivity index (χ4v) is 2.84. The van der Waals surface area contributed by atoms with Gasteiger partial charge in [-0.2, -0.15) is 0 Å². The van der Waals surface area contributed by atoms with E-state index in [4.69, 9.17) is 0 Å². The van der Waals surface area contributed by atoms with Crippen LogP contribution < -0.4 is 16.0 Å². The van der Waals surface area contributed by atoms with Gasteiger partial charge in [0.15, 0.2) is 5.96 Å². The van der Waals surface area contributed by atoms with Crippen LogP contribution in [0.4, 0.5) is 0 Å². The van der Waals surface area contributed by atoms with Crippen molar-refractivity contribution in [3.8, 4) is 0 Å². The molecule has 2 aromatic carbocycles. The highest BCUT2D eigenvalue weighted by Gasteiger charge is 2.05. The van der Waals surface area contributed by atoms with E-state index in [9.17, 15) is 4.79 Å². The van der Waals surface area contributed by atoms with Crippen LogP contribution >= 0.6 is 0 Å². The van der Waals surface area contributed by atoms with Crippen molar-refractivity contribution in [2.24, 2.45) is 4.99 Å². The van der Waals surface area contributed by atoms with Crippen molar-refractivity contribution in [3.05, 3.63) is 70.8 Å². The van der Waals surface area contributed by atoms with Crippen LogP contribution in [0.25, 0.3) is 0 Å². The normalized spacial score (nSPS) is 11.1. The van der Waals surface area contributed by atoms with E-state index in [2.05, 4.69) is 52.1 Å². The molecule has 2 rings (SSSR count). The minimum atomic E-state index is -0.0514. The maximum absolute atomic E-state index is 12.0. The van der Waals surface area contributed by atoms with Crippen LogP contribution in [0.5, 0.6) is 0 Å². The Labute approximate surface area is 162 Å². The number of nitrogens with zero attached hydrogens (tertiary/aromatic N) is 1. The molecule has 0 heterocycles. The van der Waals surface area contributed by atoms with Gasteiger partial charge < -0.3 is 16.0 Å². The topological polar surface area (TPSA) is 65.5 Å². The van der Waals surface area contributed by atoms with Crippen LogP contribution in [0.15, 0.2) is 53.5 Å². The third-order valence-electron chi connectivity index (χ3n) is 4.24. The van der Waals surface area contributed by atoms with Crippen LogP contribution in [0.3, 0.4) is 0 Å². The predicted octanol–water partition coefficient (Wildman–Crippen LogP) is 3.25. The summed E-state index contributed by atoms with van der Waals surface area (Å²) in [5.41, 5.74) is 4.30. The summed E-state index contributed by atoms with van der Waals surface area (Å²) in [5.74, 6) is 0.719. The number of hydrogen-bond acceptors (Lipinski definition) is 2. The van der Waals surface area contributed by atoms with Gasteiger partial charge >= 0.3 is 0 Å². The highest BCUT2D eigenvalue weighted by atomic mass is 16.1. The quantitative estimate of drug-likeness (QED) is 0.496. The lowest BCUT2D eigenvalue weighted by Crippen LogP contribution is -2.37. The lowest BCUT2D eigenvalue weighted by Gasteiger charge is -2.13. The van der Waals surface area contributed by atoms with Gasteiger partial charge in [-0.1, -0.05) is 43.3 Å². The summed E-state index contributed by atoms with van der Waals surface area (Å²) in [6.07, 6.45) is 1.01. The Kier molecular flexibility index (Phi) is 8.36. The molecular formula is C22H30N4O. The first kappa shape index (κ1) is 20.5. The maximum Gasteiger partial charge on any atom is 0.251 e. The Morgan fingerprint density at radius 1 is 0.889 bits per heavy atom. The summed E-state index contributed by atoms with van der Waals surface area (Å²) in [4.78, 5) is 16.6. The number of guanidine groups is 1. The highest BCUT2D eigenvalue weighted by Crippen LogP contribution is 2.09. The SMILES string of the molecule is CCNC(=O)c1cccc(CN=C(NCC)NCc2ccccc2CC)c1. The van der Waals surface area contributed by atoms with Gasteiger partial charge in [0.05, 0.1) is 6.54 Å². The number of aryl methyl sites for hydroxylation is 1. The molecule has 2 aromatic rings. The Morgan fingerprint density at radius 2 is 1.63 bits per heavy atom. The second-order valence-electron chi connectivity index (χ2n) is 6.23. The van der Waals surface area contributed by atoms with Crippen molar-refractivity contribution in [3.63, 3.8) is 0 Å². The summed E-state index contributed by atoms with van der Waals surface area (Å²) in [6.45, 7) is 8.78. The molecule has 0 unspecified atom stereocenters. The predicted molar refractivity (Wildman–Crippen MR) is 112 cm³/mol. The first-order chi connectivity index (χ1) is 13.2. The maximum atomic E-state index is 12.0. The van der Waals surface area contributed by atoms with Gasteiger partial charge in [0, 0.05) is 25.2 Å². The second kappa shape index (κ2) is 11.0. The van der Waals surface area contributed by atoms with E-state index in [0.717, 1.165) is 31.0 Å². The molecule has 0 saturated carbocycles. The molecule has 27 heavy (non-hydrogen) atoms. The van der Waals surface area contributed by atoms with Gasteiger partial charge in [-0.3, -0.25) is 4.79 Å². The molecule has 3 N–H and O–H groups in total. The van der Waals surface area contributed by atoms with Crippen molar-refractivity contribution in [1.82, 2.24) is 16.0 Å². The summed E-state index contributed by atoms with van der Waals surface area (Å²) >= 11 is 0. The molecule has 5 heteroatoms. The van der Waals surface area contributed by atoms with Crippen molar-refractivity contribution < 1.29 is 4.79 Å². The fraction of sp³-hybridized carbons (Fsp3) is 0.364. The molecule has 0 aromatic heterocycles. The van der Waals surface area contributed by atoms with E-state index >= 15 is 0 Å². The molecule has 5 nitrogen and oxygen atoms in total. The van der Waals surface area contributed by atoms with E-state index < -0.39 is 0 Å². The zero-order valence-electron chi connectivity index (χ0n) is 16.5. The van der Waals surface area contributed by atoms with E-state index in [1.165, 1.54) is 11.1 Å². The van der Waals surface area contributed by atoms with E-state index in [-0.39, 0.29) is 5.91 Å². The lowest BCUT2D eigenvalue weighted by atomic mass is 10.1. The van der Waals surface area contributed by atoms with Crippen LogP contribution in [0.2, 0.25) is 0 Å². The summed E-state index contributed by atoms with van der Waals surface area (Å²) < 4.78 is 0.